The molecule has 10 N–H and O–H groups in total. The number of nitrogen functional groups attached to an aromatic ring is 3. The summed E-state index contributed by atoms with van der Waals surface area (Å²) in [6.07, 6.45) is -6.89. The number of methoxy groups -OCH3 is 1. The van der Waals surface area contributed by atoms with Crippen molar-refractivity contribution in [1.29, 1.82) is 0 Å². The maximum atomic E-state index is 12.6. The number of likely N-dealkylation sites (N-methyl/N-ethyl adjacent to an activating group) is 1. The van der Waals surface area contributed by atoms with E-state index in [0.717, 1.165) is 0 Å². The number of ether oxygens (including phenoxy) is 3. The monoisotopic (exact) mass is 708 g/mol. The van der Waals surface area contributed by atoms with Gasteiger partial charge < -0.3 is 0 Å². The first-order valence-corrected chi connectivity index (χ1v) is 17.0. The Morgan fingerprint density at radius 2 is 1.89 bits per heavy atom. The Bertz CT molecular complexity index is 1510. The van der Waals surface area contributed by atoms with Crippen molar-refractivity contribution in [1.82, 2.24) is 19.9 Å². The van der Waals surface area contributed by atoms with Crippen molar-refractivity contribution in [3.05, 3.63) is 16.7 Å². The number of H-pyrrole nitrogens is 1. The number of nitrogens with two attached hydrogens (primary N) is 3. The van der Waals surface area contributed by atoms with Crippen molar-refractivity contribution < 1.29 is 51.7 Å². The first kappa shape index (κ1) is 34.1. The number of aliphatic hydroxyl groups excluding tert-OH is 1. The van der Waals surface area contributed by atoms with Crippen molar-refractivity contribution in [2.45, 2.75) is 49.1 Å². The van der Waals surface area contributed by atoms with E-state index in [2.05, 4.69) is 19.9 Å². The summed E-state index contributed by atoms with van der Waals surface area (Å²) in [6.45, 7) is -0.295. The van der Waals surface area contributed by atoms with Crippen molar-refractivity contribution in [3.8, 4) is 0 Å². The maximum absolute atomic E-state index is 12.6. The molecule has 3 fully saturated rings. The molecule has 0 spiro atoms. The van der Waals surface area contributed by atoms with Gasteiger partial charge in [0.25, 0.3) is 0 Å². The molecule has 0 amide bonds. The topological polar surface area (TPSA) is 294 Å². The van der Waals surface area contributed by atoms with Crippen LogP contribution in [0, 0.1) is 0 Å². The molecule has 9 atom stereocenters. The summed E-state index contributed by atoms with van der Waals surface area (Å²) in [7, 11) is -0.673. The van der Waals surface area contributed by atoms with Gasteiger partial charge in [-0.15, -0.1) is 0 Å². The Morgan fingerprint density at radius 3 is 2.62 bits per heavy atom. The van der Waals surface area contributed by atoms with Gasteiger partial charge in [-0.2, -0.15) is 0 Å². The van der Waals surface area contributed by atoms with E-state index >= 15 is 0 Å². The number of rotatable bonds is 11. The Kier molecular flexibility index (Phi) is 9.59. The number of aromatic amines is 1. The molecule has 9 unspecified atom stereocenters. The fourth-order valence-corrected chi connectivity index (χ4v) is 8.11. The van der Waals surface area contributed by atoms with Crippen LogP contribution >= 0.6 is 16.8 Å². The van der Waals surface area contributed by atoms with Gasteiger partial charge in [-0.3, -0.25) is 0 Å². The number of nitrogens with zero attached hydrogens (tertiary/aromatic N) is 6. The number of fused-ring (bicyclic) bond motifs is 2. The van der Waals surface area contributed by atoms with Gasteiger partial charge in [-0.25, -0.2) is 0 Å². The van der Waals surface area contributed by atoms with Gasteiger partial charge in [0.1, 0.15) is 0 Å². The van der Waals surface area contributed by atoms with Crippen LogP contribution in [0.4, 0.5) is 34.8 Å². The summed E-state index contributed by atoms with van der Waals surface area (Å²) in [4.78, 5) is 54.0. The van der Waals surface area contributed by atoms with E-state index in [1.54, 1.807) is 23.9 Å². The second-order valence-corrected chi connectivity index (χ2v) is 14.0. The molecule has 47 heavy (non-hydrogen) atoms. The third-order valence-electron chi connectivity index (χ3n) is 8.05. The van der Waals surface area contributed by atoms with Crippen LogP contribution in [0.2, 0.25) is 0 Å². The second-order valence-electron chi connectivity index (χ2n) is 11.1. The fourth-order valence-electron chi connectivity index (χ4n) is 5.91. The summed E-state index contributed by atoms with van der Waals surface area (Å²) in [6, 6.07) is 0. The van der Waals surface area contributed by atoms with Crippen LogP contribution < -0.4 is 37.5 Å². The van der Waals surface area contributed by atoms with Crippen LogP contribution in [0.1, 0.15) is 0 Å². The average molecular weight is 709 g/mol. The van der Waals surface area contributed by atoms with E-state index in [-0.39, 0.29) is 48.1 Å². The van der Waals surface area contributed by atoms with Gasteiger partial charge in [-0.05, 0) is 0 Å². The van der Waals surface area contributed by atoms with Crippen LogP contribution in [0.25, 0.3) is 0 Å². The van der Waals surface area contributed by atoms with E-state index in [1.807, 2.05) is 0 Å². The van der Waals surface area contributed by atoms with Crippen LogP contribution in [0.5, 0.6) is 0 Å². The molecule has 2 aromatic heterocycles. The van der Waals surface area contributed by atoms with Gasteiger partial charge >= 0.3 is 269 Å². The van der Waals surface area contributed by atoms with Crippen molar-refractivity contribution in [2.75, 3.05) is 80.1 Å². The predicted molar refractivity (Wildman–Crippen MR) is 167 cm³/mol. The summed E-state index contributed by atoms with van der Waals surface area (Å²) < 4.78 is 45.8. The first-order valence-electron chi connectivity index (χ1n) is 14.2. The molecule has 0 bridgehead atoms. The zero-order valence-electron chi connectivity index (χ0n) is 25.7. The van der Waals surface area contributed by atoms with E-state index in [1.165, 1.54) is 25.4 Å². The number of anilines is 6. The molecule has 0 aliphatic carbocycles. The molecule has 24 heteroatoms. The van der Waals surface area contributed by atoms with Crippen LogP contribution in [0.3, 0.4) is 0 Å². The van der Waals surface area contributed by atoms with Crippen molar-refractivity contribution >= 4 is 51.5 Å². The zero-order valence-corrected chi connectivity index (χ0v) is 27.6. The van der Waals surface area contributed by atoms with E-state index < -0.39 is 78.0 Å². The van der Waals surface area contributed by atoms with E-state index in [4.69, 9.17) is 54.0 Å². The van der Waals surface area contributed by atoms with E-state index in [9.17, 15) is 19.7 Å². The molecule has 2 aromatic rings. The molecule has 4 aliphatic rings. The number of nitrogens with one attached hydrogen (secondary N) is 1. The third kappa shape index (κ3) is 6.37. The minimum atomic E-state index is -5.00. The van der Waals surface area contributed by atoms with E-state index in [0.29, 0.717) is 0 Å². The molecule has 3 saturated heterocycles. The molecular weight excluding hydrogens is 670 g/mol. The average Bonchev–Trinajstić information content (AvgIpc) is 3.75. The van der Waals surface area contributed by atoms with Crippen molar-refractivity contribution in [2.24, 2.45) is 0 Å². The quantitative estimate of drug-likeness (QED) is 0.119. The summed E-state index contributed by atoms with van der Waals surface area (Å²) in [5.41, 5.74) is 17.6. The Morgan fingerprint density at radius 1 is 1.15 bits per heavy atom. The first-order chi connectivity index (χ1) is 22.3. The van der Waals surface area contributed by atoms with Gasteiger partial charge in [0.05, 0.1) is 0 Å². The Hall–Kier alpha value is -2.82. The minimum absolute atomic E-state index is 0.0319. The SMILES string of the molecule is COCC1OC(N(C)c2ncnc(N)c2N)C(O)C1O[PH](O)(O)OCC1OC(N2CN(C)c3c2nc(N)[nH]c3=O)C2OP(OC)OC12. The molecule has 0 aromatic carbocycles. The van der Waals surface area contributed by atoms with Gasteiger partial charge in [0.2, 0.25) is 0 Å². The molecule has 0 saturated carbocycles. The summed E-state index contributed by atoms with van der Waals surface area (Å²) in [5, 5.41) is 11.2. The molecule has 4 aliphatic heterocycles. The van der Waals surface area contributed by atoms with Crippen LogP contribution in [-0.4, -0.2) is 132 Å². The van der Waals surface area contributed by atoms with Crippen LogP contribution in [0.15, 0.2) is 11.1 Å². The molecule has 0 radical (unpaired) electrons. The predicted octanol–water partition coefficient (Wildman–Crippen LogP) is -2.43. The zero-order chi connectivity index (χ0) is 33.8. The summed E-state index contributed by atoms with van der Waals surface area (Å²) >= 11 is 0. The van der Waals surface area contributed by atoms with Crippen molar-refractivity contribution in [3.63, 3.8) is 0 Å². The second kappa shape index (κ2) is 13.2. The summed E-state index contributed by atoms with van der Waals surface area (Å²) in [5.74, 6) is 0.405. The normalized spacial score (nSPS) is 32.2. The Balaban J connectivity index is 1.16. The third-order valence-corrected chi connectivity index (χ3v) is 10.3. The number of aromatic nitrogens is 4. The number of hydrogen-bond acceptors (Lipinski definition) is 21. The molecule has 22 nitrogen and oxygen atoms in total. The molecule has 6 rings (SSSR count). The van der Waals surface area contributed by atoms with Gasteiger partial charge in [0, 0.05) is 0 Å². The Labute approximate surface area is 269 Å². The molecule has 262 valence electrons. The number of aliphatic hydroxyl groups is 1. The molecule has 6 heterocycles. The standard InChI is InChI=1S/C23H38N10O12P2/c1-31-8-33(19-12(31)20(35)30-23(26)29-19)22-16-15(43-46(39-4)44-16)10(42-22)6-40-47(36,37)45-14-9(5-38-3)41-21(13(14)34)32(2)18-11(24)17(25)27-7-28-18/h7,9-10,13-16,21-22,34,36-37,47H,5-6,8,24H2,1-4H3,(H2,25,27,28)(H3,26,29,30,35). The van der Waals surface area contributed by atoms with Crippen LogP contribution in [-0.2, 0) is 36.8 Å². The van der Waals surface area contributed by atoms with Gasteiger partial charge in [0.15, 0.2) is 0 Å². The fraction of sp³-hybridized carbons (Fsp3) is 0.652. The van der Waals surface area contributed by atoms with Gasteiger partial charge in [-0.1, -0.05) is 0 Å². The number of hydrogen-bond donors (Lipinski definition) is 7. The molecular formula is C23H38N10O12P2.